The summed E-state index contributed by atoms with van der Waals surface area (Å²) >= 11 is 0. The van der Waals surface area contributed by atoms with E-state index in [4.69, 9.17) is 0 Å². The molecule has 0 atom stereocenters. The highest BCUT2D eigenvalue weighted by Crippen LogP contribution is 2.23. The van der Waals surface area contributed by atoms with Gasteiger partial charge in [-0.05, 0) is 12.1 Å². The second-order valence-electron chi connectivity index (χ2n) is 3.02. The third-order valence-electron chi connectivity index (χ3n) is 1.65. The minimum absolute atomic E-state index is 0.0675. The summed E-state index contributed by atoms with van der Waals surface area (Å²) in [4.78, 5) is 10.9. The number of halogens is 4. The zero-order valence-electron chi connectivity index (χ0n) is 8.41. The maximum Gasteiger partial charge on any atom is 0.514 e. The summed E-state index contributed by atoms with van der Waals surface area (Å²) in [6.07, 6.45) is -5.36. The van der Waals surface area contributed by atoms with Gasteiger partial charge in [0.1, 0.15) is 5.75 Å². The summed E-state index contributed by atoms with van der Waals surface area (Å²) in [7, 11) is 0. The molecule has 0 spiro atoms. The maximum absolute atomic E-state index is 12.4. The van der Waals surface area contributed by atoms with Crippen molar-refractivity contribution >= 4 is 6.16 Å². The van der Waals surface area contributed by atoms with Crippen LogP contribution in [0.1, 0.15) is 0 Å². The Morgan fingerprint density at radius 1 is 1.24 bits per heavy atom. The van der Waals surface area contributed by atoms with Crippen molar-refractivity contribution < 1.29 is 31.8 Å². The summed E-state index contributed by atoms with van der Waals surface area (Å²) in [6.45, 7) is -1.73. The first-order valence-corrected chi connectivity index (χ1v) is 4.47. The van der Waals surface area contributed by atoms with Gasteiger partial charge in [-0.25, -0.2) is 13.6 Å². The van der Waals surface area contributed by atoms with Gasteiger partial charge in [0.2, 0.25) is 0 Å². The fourth-order valence-electron chi connectivity index (χ4n) is 0.832. The number of carbonyl (C=O) groups excluding carboxylic acids is 1. The quantitative estimate of drug-likeness (QED) is 0.469. The van der Waals surface area contributed by atoms with Gasteiger partial charge in [-0.2, -0.15) is 8.78 Å². The standard InChI is InChI=1S/C10H8F4O3/c11-8(12)10(13,14)6-16-9(15)17-7-4-2-1-3-5-7/h1-5,8H,6H2. The Kier molecular flexibility index (Phi) is 4.30. The molecule has 0 fully saturated rings. The molecular formula is C10H8F4O3. The summed E-state index contributed by atoms with van der Waals surface area (Å²) in [6, 6.07) is 7.48. The Balaban J connectivity index is 2.41. The van der Waals surface area contributed by atoms with Gasteiger partial charge >= 0.3 is 18.5 Å². The lowest BCUT2D eigenvalue weighted by molar-refractivity contribution is -0.156. The minimum atomic E-state index is -4.38. The first-order chi connectivity index (χ1) is 7.92. The fourth-order valence-corrected chi connectivity index (χ4v) is 0.832. The molecule has 0 amide bonds. The van der Waals surface area contributed by atoms with E-state index in [1.807, 2.05) is 0 Å². The van der Waals surface area contributed by atoms with Gasteiger partial charge in [-0.15, -0.1) is 0 Å². The monoisotopic (exact) mass is 252 g/mol. The van der Waals surface area contributed by atoms with Crippen molar-refractivity contribution in [3.63, 3.8) is 0 Å². The molecule has 94 valence electrons. The van der Waals surface area contributed by atoms with Gasteiger partial charge in [0, 0.05) is 0 Å². The zero-order valence-corrected chi connectivity index (χ0v) is 8.41. The van der Waals surface area contributed by atoms with E-state index in [2.05, 4.69) is 9.47 Å². The van der Waals surface area contributed by atoms with E-state index >= 15 is 0 Å². The van der Waals surface area contributed by atoms with Crippen LogP contribution in [-0.2, 0) is 4.74 Å². The molecule has 0 saturated heterocycles. The number of hydrogen-bond donors (Lipinski definition) is 0. The molecule has 0 aliphatic heterocycles. The molecule has 17 heavy (non-hydrogen) atoms. The van der Waals surface area contributed by atoms with Crippen LogP contribution in [0, 0.1) is 0 Å². The average Bonchev–Trinajstić information content (AvgIpc) is 2.28. The molecule has 0 heterocycles. The molecule has 1 rings (SSSR count). The molecular weight excluding hydrogens is 244 g/mol. The Morgan fingerprint density at radius 3 is 2.35 bits per heavy atom. The van der Waals surface area contributed by atoms with Gasteiger partial charge < -0.3 is 9.47 Å². The molecule has 0 aliphatic rings. The normalized spacial score (nSPS) is 11.4. The van der Waals surface area contributed by atoms with Gasteiger partial charge in [-0.1, -0.05) is 18.2 Å². The molecule has 0 unspecified atom stereocenters. The van der Waals surface area contributed by atoms with Crippen molar-refractivity contribution in [1.82, 2.24) is 0 Å². The van der Waals surface area contributed by atoms with Crippen molar-refractivity contribution in [3.8, 4) is 5.75 Å². The van der Waals surface area contributed by atoms with Crippen LogP contribution >= 0.6 is 0 Å². The lowest BCUT2D eigenvalue weighted by Gasteiger charge is -2.14. The van der Waals surface area contributed by atoms with E-state index in [9.17, 15) is 22.4 Å². The largest absolute Gasteiger partial charge is 0.514 e. The average molecular weight is 252 g/mol. The van der Waals surface area contributed by atoms with Crippen LogP contribution in [0.4, 0.5) is 22.4 Å². The minimum Gasteiger partial charge on any atom is -0.427 e. The highest BCUT2D eigenvalue weighted by molar-refractivity contribution is 5.63. The number of benzene rings is 1. The van der Waals surface area contributed by atoms with E-state index < -0.39 is 25.1 Å². The number of alkyl halides is 4. The summed E-state index contributed by atoms with van der Waals surface area (Å²) in [5.74, 6) is -4.31. The van der Waals surface area contributed by atoms with Crippen LogP contribution < -0.4 is 4.74 Å². The van der Waals surface area contributed by atoms with Crippen molar-refractivity contribution in [2.75, 3.05) is 6.61 Å². The lowest BCUT2D eigenvalue weighted by Crippen LogP contribution is -2.34. The third-order valence-corrected chi connectivity index (χ3v) is 1.65. The van der Waals surface area contributed by atoms with Crippen LogP contribution in [-0.4, -0.2) is 25.1 Å². The SMILES string of the molecule is O=C(OCC(F)(F)C(F)F)Oc1ccccc1. The summed E-state index contributed by atoms with van der Waals surface area (Å²) in [5, 5.41) is 0. The van der Waals surface area contributed by atoms with Crippen LogP contribution in [0.25, 0.3) is 0 Å². The number of ether oxygens (including phenoxy) is 2. The van der Waals surface area contributed by atoms with Crippen LogP contribution in [0.3, 0.4) is 0 Å². The second kappa shape index (κ2) is 5.51. The molecule has 1 aromatic rings. The molecule has 0 saturated carbocycles. The number of para-hydroxylation sites is 1. The highest BCUT2D eigenvalue weighted by Gasteiger charge is 2.42. The molecule has 0 radical (unpaired) electrons. The highest BCUT2D eigenvalue weighted by atomic mass is 19.3. The molecule has 3 nitrogen and oxygen atoms in total. The van der Waals surface area contributed by atoms with E-state index in [-0.39, 0.29) is 5.75 Å². The number of carbonyl (C=O) groups is 1. The first kappa shape index (κ1) is 13.3. The Bertz CT molecular complexity index is 367. The predicted octanol–water partition coefficient (Wildman–Crippen LogP) is 3.10. The molecule has 1 aromatic carbocycles. The molecule has 0 aromatic heterocycles. The van der Waals surface area contributed by atoms with Gasteiger partial charge in [0.25, 0.3) is 0 Å². The van der Waals surface area contributed by atoms with Gasteiger partial charge in [0.05, 0.1) is 0 Å². The van der Waals surface area contributed by atoms with Gasteiger partial charge in [-0.3, -0.25) is 0 Å². The van der Waals surface area contributed by atoms with Crippen molar-refractivity contribution in [2.45, 2.75) is 12.3 Å². The van der Waals surface area contributed by atoms with Crippen LogP contribution in [0.5, 0.6) is 5.75 Å². The third kappa shape index (κ3) is 4.29. The predicted molar refractivity (Wildman–Crippen MR) is 49.4 cm³/mol. The van der Waals surface area contributed by atoms with E-state index in [1.54, 1.807) is 6.07 Å². The topological polar surface area (TPSA) is 35.5 Å². The fraction of sp³-hybridized carbons (Fsp3) is 0.300. The van der Waals surface area contributed by atoms with Crippen molar-refractivity contribution in [2.24, 2.45) is 0 Å². The Morgan fingerprint density at radius 2 is 1.82 bits per heavy atom. The molecule has 0 bridgehead atoms. The van der Waals surface area contributed by atoms with E-state index in [0.29, 0.717) is 0 Å². The van der Waals surface area contributed by atoms with E-state index in [1.165, 1.54) is 24.3 Å². The van der Waals surface area contributed by atoms with Crippen molar-refractivity contribution in [1.29, 1.82) is 0 Å². The first-order valence-electron chi connectivity index (χ1n) is 4.47. The van der Waals surface area contributed by atoms with Crippen LogP contribution in [0.15, 0.2) is 30.3 Å². The summed E-state index contributed by atoms with van der Waals surface area (Å²) in [5.41, 5.74) is 0. The lowest BCUT2D eigenvalue weighted by atomic mass is 10.3. The zero-order chi connectivity index (χ0) is 12.9. The smallest absolute Gasteiger partial charge is 0.427 e. The maximum atomic E-state index is 12.4. The molecule has 0 aliphatic carbocycles. The number of hydrogen-bond acceptors (Lipinski definition) is 3. The van der Waals surface area contributed by atoms with E-state index in [0.717, 1.165) is 0 Å². The Hall–Kier alpha value is -1.79. The molecule has 0 N–H and O–H groups in total. The van der Waals surface area contributed by atoms with Crippen molar-refractivity contribution in [3.05, 3.63) is 30.3 Å². The Labute approximate surface area is 93.9 Å². The second-order valence-corrected chi connectivity index (χ2v) is 3.02. The summed E-state index contributed by atoms with van der Waals surface area (Å²) < 4.78 is 56.5. The van der Waals surface area contributed by atoms with Gasteiger partial charge in [0.15, 0.2) is 6.61 Å². The van der Waals surface area contributed by atoms with Crippen LogP contribution in [0.2, 0.25) is 0 Å². The molecule has 7 heteroatoms. The number of rotatable bonds is 4.